The molecule has 0 bridgehead atoms. The molecule has 0 saturated heterocycles. The standard InChI is InChI=1S/C14H25N5O/c1-8(2)12-17-13(9(3)14(18-12)19-15)16-10-6-5-7-11(10)20-4/h8,10-11H,5-7,15H2,1-4H3,(H2,16,17,18,19). The number of rotatable bonds is 5. The molecule has 1 aromatic heterocycles. The van der Waals surface area contributed by atoms with Gasteiger partial charge in [0.15, 0.2) is 0 Å². The number of hydrogen-bond donors (Lipinski definition) is 3. The van der Waals surface area contributed by atoms with E-state index < -0.39 is 0 Å². The topological polar surface area (TPSA) is 85.1 Å². The lowest BCUT2D eigenvalue weighted by atomic mass is 10.1. The van der Waals surface area contributed by atoms with Crippen LogP contribution in [0.25, 0.3) is 0 Å². The van der Waals surface area contributed by atoms with E-state index in [1.165, 1.54) is 6.42 Å². The fraction of sp³-hybridized carbons (Fsp3) is 0.714. The highest BCUT2D eigenvalue weighted by atomic mass is 16.5. The molecule has 1 aliphatic rings. The second-order valence-corrected chi connectivity index (χ2v) is 5.66. The molecule has 2 unspecified atom stereocenters. The highest BCUT2D eigenvalue weighted by molar-refractivity contribution is 5.57. The average molecular weight is 279 g/mol. The van der Waals surface area contributed by atoms with Gasteiger partial charge in [-0.3, -0.25) is 0 Å². The van der Waals surface area contributed by atoms with E-state index in [4.69, 9.17) is 10.6 Å². The Hall–Kier alpha value is -1.40. The summed E-state index contributed by atoms with van der Waals surface area (Å²) in [7, 11) is 1.77. The van der Waals surface area contributed by atoms with Gasteiger partial charge < -0.3 is 15.5 Å². The van der Waals surface area contributed by atoms with E-state index in [0.29, 0.717) is 11.9 Å². The number of anilines is 2. The number of ether oxygens (including phenoxy) is 1. The number of methoxy groups -OCH3 is 1. The SMILES string of the molecule is COC1CCCC1Nc1nc(C(C)C)nc(NN)c1C. The van der Waals surface area contributed by atoms with Gasteiger partial charge in [-0.2, -0.15) is 0 Å². The van der Waals surface area contributed by atoms with Crippen LogP contribution in [0.5, 0.6) is 0 Å². The van der Waals surface area contributed by atoms with Crippen LogP contribution in [0.1, 0.15) is 50.4 Å². The zero-order chi connectivity index (χ0) is 14.7. The molecule has 6 nitrogen and oxygen atoms in total. The van der Waals surface area contributed by atoms with E-state index in [-0.39, 0.29) is 12.0 Å². The molecule has 1 aliphatic carbocycles. The van der Waals surface area contributed by atoms with Gasteiger partial charge in [0.1, 0.15) is 17.5 Å². The minimum Gasteiger partial charge on any atom is -0.379 e. The zero-order valence-corrected chi connectivity index (χ0v) is 12.7. The van der Waals surface area contributed by atoms with Gasteiger partial charge in [0.2, 0.25) is 0 Å². The third-order valence-electron chi connectivity index (χ3n) is 3.89. The van der Waals surface area contributed by atoms with Crippen molar-refractivity contribution < 1.29 is 4.74 Å². The summed E-state index contributed by atoms with van der Waals surface area (Å²) in [4.78, 5) is 9.09. The third-order valence-corrected chi connectivity index (χ3v) is 3.89. The lowest BCUT2D eigenvalue weighted by Crippen LogP contribution is -2.31. The molecule has 0 amide bonds. The molecule has 2 rings (SSSR count). The Morgan fingerprint density at radius 3 is 2.55 bits per heavy atom. The number of hydrogen-bond acceptors (Lipinski definition) is 6. The van der Waals surface area contributed by atoms with Gasteiger partial charge in [0, 0.05) is 18.6 Å². The van der Waals surface area contributed by atoms with Crippen LogP contribution in [-0.2, 0) is 4.74 Å². The van der Waals surface area contributed by atoms with Crippen molar-refractivity contribution in [1.29, 1.82) is 0 Å². The maximum atomic E-state index is 5.56. The van der Waals surface area contributed by atoms with Gasteiger partial charge in [-0.05, 0) is 26.2 Å². The molecule has 6 heteroatoms. The Morgan fingerprint density at radius 2 is 1.95 bits per heavy atom. The minimum atomic E-state index is 0.251. The number of nitrogen functional groups attached to an aromatic ring is 1. The second kappa shape index (κ2) is 6.37. The molecule has 0 radical (unpaired) electrons. The van der Waals surface area contributed by atoms with Crippen molar-refractivity contribution in [3.05, 3.63) is 11.4 Å². The fourth-order valence-electron chi connectivity index (χ4n) is 2.62. The summed E-state index contributed by atoms with van der Waals surface area (Å²) in [5, 5.41) is 3.51. The molecule has 0 aromatic carbocycles. The quantitative estimate of drug-likeness (QED) is 0.566. The van der Waals surface area contributed by atoms with E-state index >= 15 is 0 Å². The molecule has 4 N–H and O–H groups in total. The molecule has 20 heavy (non-hydrogen) atoms. The highest BCUT2D eigenvalue weighted by Crippen LogP contribution is 2.28. The van der Waals surface area contributed by atoms with Gasteiger partial charge in [-0.1, -0.05) is 13.8 Å². The molecule has 1 aromatic rings. The Morgan fingerprint density at radius 1 is 1.25 bits per heavy atom. The summed E-state index contributed by atoms with van der Waals surface area (Å²) in [6, 6.07) is 0.305. The second-order valence-electron chi connectivity index (χ2n) is 5.66. The molecule has 1 saturated carbocycles. The van der Waals surface area contributed by atoms with Gasteiger partial charge in [-0.15, -0.1) is 0 Å². The Kier molecular flexibility index (Phi) is 4.77. The van der Waals surface area contributed by atoms with Crippen LogP contribution >= 0.6 is 0 Å². The number of aromatic nitrogens is 2. The number of nitrogens with one attached hydrogen (secondary N) is 2. The first-order valence-electron chi connectivity index (χ1n) is 7.21. The molecule has 1 fully saturated rings. The summed E-state index contributed by atoms with van der Waals surface area (Å²) >= 11 is 0. The Balaban J connectivity index is 2.28. The first kappa shape index (κ1) is 15.0. The van der Waals surface area contributed by atoms with E-state index in [0.717, 1.165) is 30.0 Å². The third kappa shape index (κ3) is 3.02. The predicted octanol–water partition coefficient (Wildman–Crippen LogP) is 2.17. The maximum Gasteiger partial charge on any atom is 0.148 e. The van der Waals surface area contributed by atoms with Gasteiger partial charge >= 0.3 is 0 Å². The molecule has 2 atom stereocenters. The average Bonchev–Trinajstić information content (AvgIpc) is 2.88. The normalized spacial score (nSPS) is 22.3. The predicted molar refractivity (Wildman–Crippen MR) is 80.7 cm³/mol. The van der Waals surface area contributed by atoms with Crippen molar-refractivity contribution in [2.75, 3.05) is 17.9 Å². The van der Waals surface area contributed by atoms with Gasteiger partial charge in [0.25, 0.3) is 0 Å². The molecule has 1 heterocycles. The summed E-state index contributed by atoms with van der Waals surface area (Å²) in [6.45, 7) is 6.11. The lowest BCUT2D eigenvalue weighted by Gasteiger charge is -2.22. The van der Waals surface area contributed by atoms with Crippen LogP contribution < -0.4 is 16.6 Å². The van der Waals surface area contributed by atoms with E-state index in [1.54, 1.807) is 7.11 Å². The van der Waals surface area contributed by atoms with Gasteiger partial charge in [-0.25, -0.2) is 15.8 Å². The van der Waals surface area contributed by atoms with Crippen LogP contribution in [0.4, 0.5) is 11.6 Å². The lowest BCUT2D eigenvalue weighted by molar-refractivity contribution is 0.101. The van der Waals surface area contributed by atoms with Crippen molar-refractivity contribution in [3.63, 3.8) is 0 Å². The molecule has 0 spiro atoms. The summed E-state index contributed by atoms with van der Waals surface area (Å²) in [5.74, 6) is 8.13. The van der Waals surface area contributed by atoms with E-state index in [1.807, 2.05) is 6.92 Å². The largest absolute Gasteiger partial charge is 0.379 e. The van der Waals surface area contributed by atoms with Crippen LogP contribution in [-0.4, -0.2) is 29.2 Å². The summed E-state index contributed by atoms with van der Waals surface area (Å²) < 4.78 is 5.52. The fourth-order valence-corrected chi connectivity index (χ4v) is 2.62. The van der Waals surface area contributed by atoms with Crippen molar-refractivity contribution in [2.45, 2.75) is 58.1 Å². The van der Waals surface area contributed by atoms with E-state index in [9.17, 15) is 0 Å². The minimum absolute atomic E-state index is 0.251. The highest BCUT2D eigenvalue weighted by Gasteiger charge is 2.28. The van der Waals surface area contributed by atoms with Crippen molar-refractivity contribution >= 4 is 11.6 Å². The number of hydrazine groups is 1. The monoisotopic (exact) mass is 279 g/mol. The van der Waals surface area contributed by atoms with Crippen LogP contribution in [0.15, 0.2) is 0 Å². The first-order valence-corrected chi connectivity index (χ1v) is 7.21. The number of nitrogens with two attached hydrogens (primary N) is 1. The summed E-state index contributed by atoms with van der Waals surface area (Å²) in [6.07, 6.45) is 3.63. The van der Waals surface area contributed by atoms with Crippen LogP contribution in [0, 0.1) is 6.92 Å². The van der Waals surface area contributed by atoms with Gasteiger partial charge in [0.05, 0.1) is 12.1 Å². The first-order chi connectivity index (χ1) is 9.56. The van der Waals surface area contributed by atoms with Crippen molar-refractivity contribution in [2.24, 2.45) is 5.84 Å². The molecule has 0 aliphatic heterocycles. The Labute approximate surface area is 120 Å². The van der Waals surface area contributed by atoms with Crippen LogP contribution in [0.3, 0.4) is 0 Å². The van der Waals surface area contributed by atoms with Crippen LogP contribution in [0.2, 0.25) is 0 Å². The zero-order valence-electron chi connectivity index (χ0n) is 12.7. The molecule has 112 valence electrons. The summed E-state index contributed by atoms with van der Waals surface area (Å²) in [5.41, 5.74) is 3.60. The number of nitrogens with zero attached hydrogens (tertiary/aromatic N) is 2. The smallest absolute Gasteiger partial charge is 0.148 e. The Bertz CT molecular complexity index is 463. The maximum absolute atomic E-state index is 5.56. The van der Waals surface area contributed by atoms with Crippen molar-refractivity contribution in [1.82, 2.24) is 9.97 Å². The van der Waals surface area contributed by atoms with Crippen molar-refractivity contribution in [3.8, 4) is 0 Å². The molecular weight excluding hydrogens is 254 g/mol. The molecular formula is C14H25N5O. The van der Waals surface area contributed by atoms with E-state index in [2.05, 4.69) is 34.6 Å².